The van der Waals surface area contributed by atoms with Gasteiger partial charge in [-0.15, -0.1) is 0 Å². The fourth-order valence-electron chi connectivity index (χ4n) is 3.80. The second-order valence-electron chi connectivity index (χ2n) is 7.10. The summed E-state index contributed by atoms with van der Waals surface area (Å²) in [4.78, 5) is 0. The number of rotatable bonds is 5. The minimum absolute atomic E-state index is 0.611. The molecule has 0 radical (unpaired) electrons. The van der Waals surface area contributed by atoms with Crippen LogP contribution in [0.4, 0.5) is 0 Å². The molecule has 2 atom stereocenters. The van der Waals surface area contributed by atoms with E-state index in [0.717, 1.165) is 0 Å². The molecule has 1 aromatic rings. The molecule has 0 aliphatic heterocycles. The number of aryl methyl sites for hydroxylation is 2. The minimum Gasteiger partial charge on any atom is -0.0779 e. The van der Waals surface area contributed by atoms with Crippen LogP contribution < -0.4 is 5.19 Å². The van der Waals surface area contributed by atoms with Crippen molar-refractivity contribution in [1.29, 1.82) is 0 Å². The second kappa shape index (κ2) is 6.35. The Labute approximate surface area is 132 Å². The first-order chi connectivity index (χ1) is 9.86. The molecule has 0 saturated heterocycles. The monoisotopic (exact) mass is 298 g/mol. The minimum atomic E-state index is -1.59. The van der Waals surface area contributed by atoms with E-state index in [1.807, 2.05) is 0 Å². The molecule has 0 heterocycles. The molecule has 0 amide bonds. The highest BCUT2D eigenvalue weighted by Crippen LogP contribution is 2.34. The molecule has 0 bridgehead atoms. The van der Waals surface area contributed by atoms with Crippen LogP contribution in [0.2, 0.25) is 12.6 Å². The van der Waals surface area contributed by atoms with Crippen LogP contribution in [0.15, 0.2) is 41.1 Å². The predicted octanol–water partition coefficient (Wildman–Crippen LogP) is 5.45. The van der Waals surface area contributed by atoms with Gasteiger partial charge in [-0.3, -0.25) is 0 Å². The van der Waals surface area contributed by atoms with Gasteiger partial charge in [-0.2, -0.15) is 0 Å². The van der Waals surface area contributed by atoms with Crippen LogP contribution in [0.25, 0.3) is 0 Å². The Morgan fingerprint density at radius 1 is 1.00 bits per heavy atom. The molecule has 2 rings (SSSR count). The largest absolute Gasteiger partial charge is 0.115 e. The molecule has 114 valence electrons. The van der Waals surface area contributed by atoms with E-state index in [2.05, 4.69) is 71.5 Å². The Morgan fingerprint density at radius 2 is 1.62 bits per heavy atom. The molecule has 0 aromatic heterocycles. The summed E-state index contributed by atoms with van der Waals surface area (Å²) in [5.74, 6) is 0.611. The van der Waals surface area contributed by atoms with Crippen LogP contribution >= 0.6 is 0 Å². The molecule has 1 aliphatic carbocycles. The maximum Gasteiger partial charge on any atom is 0.115 e. The van der Waals surface area contributed by atoms with Crippen molar-refractivity contribution in [2.45, 2.75) is 60.1 Å². The molecule has 0 N–H and O–H groups in total. The molecule has 0 fully saturated rings. The lowest BCUT2D eigenvalue weighted by molar-refractivity contribution is 0.870. The van der Waals surface area contributed by atoms with Crippen molar-refractivity contribution in [2.75, 3.05) is 0 Å². The van der Waals surface area contributed by atoms with Gasteiger partial charge in [0, 0.05) is 0 Å². The molecular formula is C20H30Si. The highest BCUT2D eigenvalue weighted by Gasteiger charge is 2.36. The fourth-order valence-corrected chi connectivity index (χ4v) is 8.41. The fraction of sp³-hybridized carbons (Fsp3) is 0.500. The Hall–Kier alpha value is -1.08. The first-order valence-corrected chi connectivity index (χ1v) is 11.1. The van der Waals surface area contributed by atoms with Gasteiger partial charge in [-0.1, -0.05) is 90.7 Å². The van der Waals surface area contributed by atoms with Crippen molar-refractivity contribution in [3.8, 4) is 0 Å². The maximum atomic E-state index is 2.58. The van der Waals surface area contributed by atoms with Crippen LogP contribution in [0, 0.1) is 19.8 Å². The van der Waals surface area contributed by atoms with Crippen molar-refractivity contribution in [3.63, 3.8) is 0 Å². The van der Waals surface area contributed by atoms with Gasteiger partial charge in [0.05, 0.1) is 0 Å². The third-order valence-electron chi connectivity index (χ3n) is 4.85. The van der Waals surface area contributed by atoms with Crippen LogP contribution in [-0.2, 0) is 0 Å². The van der Waals surface area contributed by atoms with Crippen molar-refractivity contribution < 1.29 is 0 Å². The average Bonchev–Trinajstić information content (AvgIpc) is 2.74. The number of unbranched alkanes of at least 4 members (excludes halogenated alkanes) is 1. The van der Waals surface area contributed by atoms with E-state index in [0.29, 0.717) is 5.92 Å². The number of allylic oxidation sites excluding steroid dienone is 4. The van der Waals surface area contributed by atoms with Crippen LogP contribution in [-0.4, -0.2) is 8.07 Å². The third kappa shape index (κ3) is 3.40. The summed E-state index contributed by atoms with van der Waals surface area (Å²) < 4.78 is 0. The normalized spacial score (nSPS) is 21.0. The summed E-state index contributed by atoms with van der Waals surface area (Å²) in [5.41, 5.74) is 4.36. The van der Waals surface area contributed by atoms with E-state index >= 15 is 0 Å². The van der Waals surface area contributed by atoms with E-state index in [9.17, 15) is 0 Å². The summed E-state index contributed by atoms with van der Waals surface area (Å²) in [6.07, 6.45) is 7.61. The Bertz CT molecular complexity index is 559. The molecule has 0 spiro atoms. The second-order valence-corrected chi connectivity index (χ2v) is 11.4. The van der Waals surface area contributed by atoms with Crippen molar-refractivity contribution in [1.82, 2.24) is 0 Å². The Balaban J connectivity index is 2.51. The van der Waals surface area contributed by atoms with Crippen molar-refractivity contribution in [3.05, 3.63) is 52.2 Å². The standard InChI is InChI=1S/C20H30Si/c1-7-8-9-21(6,20-14-17(4)11-18(20)5)19-12-15(2)10-16(3)13-19/h10-14,17H,7-9H2,1-6H3. The summed E-state index contributed by atoms with van der Waals surface area (Å²) >= 11 is 0. The Morgan fingerprint density at radius 3 is 2.10 bits per heavy atom. The molecule has 21 heavy (non-hydrogen) atoms. The molecule has 1 aromatic carbocycles. The van der Waals surface area contributed by atoms with E-state index in [-0.39, 0.29) is 0 Å². The molecule has 1 aliphatic rings. The lowest BCUT2D eigenvalue weighted by Gasteiger charge is -2.31. The van der Waals surface area contributed by atoms with Crippen LogP contribution in [0.1, 0.15) is 44.7 Å². The third-order valence-corrected chi connectivity index (χ3v) is 9.52. The van der Waals surface area contributed by atoms with E-state index < -0.39 is 8.07 Å². The van der Waals surface area contributed by atoms with Crippen molar-refractivity contribution >= 4 is 13.3 Å². The highest BCUT2D eigenvalue weighted by atomic mass is 28.3. The van der Waals surface area contributed by atoms with Gasteiger partial charge in [0.25, 0.3) is 0 Å². The van der Waals surface area contributed by atoms with Gasteiger partial charge < -0.3 is 0 Å². The SMILES string of the molecule is CCCC[Si](C)(C1=CC(C)C=C1C)c1cc(C)cc(C)c1. The number of hydrogen-bond donors (Lipinski definition) is 0. The van der Waals surface area contributed by atoms with E-state index in [1.165, 1.54) is 35.6 Å². The quantitative estimate of drug-likeness (QED) is 0.634. The smallest absolute Gasteiger partial charge is 0.0779 e. The Kier molecular flexibility index (Phi) is 4.93. The molecular weight excluding hydrogens is 268 g/mol. The van der Waals surface area contributed by atoms with Crippen LogP contribution in [0.3, 0.4) is 0 Å². The first kappa shape index (κ1) is 16.3. The zero-order valence-electron chi connectivity index (χ0n) is 14.6. The maximum absolute atomic E-state index is 2.58. The van der Waals surface area contributed by atoms with Gasteiger partial charge in [0.2, 0.25) is 0 Å². The highest BCUT2D eigenvalue weighted by molar-refractivity contribution is 6.97. The van der Waals surface area contributed by atoms with Gasteiger partial charge in [0.1, 0.15) is 8.07 Å². The number of benzene rings is 1. The zero-order chi connectivity index (χ0) is 15.6. The summed E-state index contributed by atoms with van der Waals surface area (Å²) in [7, 11) is -1.59. The van der Waals surface area contributed by atoms with Gasteiger partial charge in [-0.05, 0) is 32.7 Å². The average molecular weight is 299 g/mol. The van der Waals surface area contributed by atoms with E-state index in [4.69, 9.17) is 0 Å². The summed E-state index contributed by atoms with van der Waals surface area (Å²) in [5, 5.41) is 3.31. The van der Waals surface area contributed by atoms with Gasteiger partial charge >= 0.3 is 0 Å². The van der Waals surface area contributed by atoms with Crippen LogP contribution in [0.5, 0.6) is 0 Å². The predicted molar refractivity (Wildman–Crippen MR) is 97.9 cm³/mol. The van der Waals surface area contributed by atoms with Gasteiger partial charge in [0.15, 0.2) is 0 Å². The molecule has 0 saturated carbocycles. The molecule has 1 heteroatoms. The summed E-state index contributed by atoms with van der Waals surface area (Å²) in [6, 6.07) is 8.57. The van der Waals surface area contributed by atoms with Gasteiger partial charge in [-0.25, -0.2) is 0 Å². The topological polar surface area (TPSA) is 0 Å². The lowest BCUT2D eigenvalue weighted by atomic mass is 10.2. The van der Waals surface area contributed by atoms with E-state index in [1.54, 1.807) is 10.4 Å². The zero-order valence-corrected chi connectivity index (χ0v) is 15.6. The summed E-state index contributed by atoms with van der Waals surface area (Å²) in [6.45, 7) is 14.0. The lowest BCUT2D eigenvalue weighted by Crippen LogP contribution is -2.47. The molecule has 0 nitrogen and oxygen atoms in total. The number of hydrogen-bond acceptors (Lipinski definition) is 0. The molecule has 2 unspecified atom stereocenters. The van der Waals surface area contributed by atoms with Crippen molar-refractivity contribution in [2.24, 2.45) is 5.92 Å². The first-order valence-electron chi connectivity index (χ1n) is 8.36.